The standard InChI is InChI=1S/C47H34N2O/c1-2-12-33-26-35(24-23-31(33)10-1)34-14-5-17-38(27-34)49(39-18-6-15-36(28-39)41-20-7-13-32-11-3-4-19-40(32)41)45-22-8-21-42-43-30-44-37(16-9-25-48-44)29-46(43)50-47(42)45/h1-19,21-24,26-30,41,48H,20,25H2. The van der Waals surface area contributed by atoms with E-state index in [1.54, 1.807) is 0 Å². The van der Waals surface area contributed by atoms with Crippen LogP contribution < -0.4 is 10.2 Å². The molecule has 0 amide bonds. The fourth-order valence-electron chi connectivity index (χ4n) is 7.92. The van der Waals surface area contributed by atoms with Gasteiger partial charge in [0.25, 0.3) is 0 Å². The molecule has 1 N–H and O–H groups in total. The van der Waals surface area contributed by atoms with Crippen LogP contribution >= 0.6 is 0 Å². The van der Waals surface area contributed by atoms with Gasteiger partial charge in [-0.15, -0.1) is 0 Å². The first-order valence-electron chi connectivity index (χ1n) is 17.4. The number of hydrogen-bond donors (Lipinski definition) is 1. The first-order chi connectivity index (χ1) is 24.8. The Bertz CT molecular complexity index is 2660. The van der Waals surface area contributed by atoms with Gasteiger partial charge in [0.05, 0.1) is 5.69 Å². The molecule has 238 valence electrons. The Labute approximate surface area is 291 Å². The summed E-state index contributed by atoms with van der Waals surface area (Å²) in [6.45, 7) is 0.832. The van der Waals surface area contributed by atoms with E-state index in [1.807, 2.05) is 0 Å². The summed E-state index contributed by atoms with van der Waals surface area (Å²) in [6, 6.07) is 53.0. The molecular formula is C47H34N2O. The van der Waals surface area contributed by atoms with Crippen molar-refractivity contribution in [1.82, 2.24) is 0 Å². The van der Waals surface area contributed by atoms with Gasteiger partial charge in [0, 0.05) is 45.9 Å². The van der Waals surface area contributed by atoms with Crippen LogP contribution in [0.25, 0.3) is 56.0 Å². The van der Waals surface area contributed by atoms with Crippen molar-refractivity contribution in [2.24, 2.45) is 0 Å². The zero-order valence-corrected chi connectivity index (χ0v) is 27.5. The van der Waals surface area contributed by atoms with E-state index in [1.165, 1.54) is 38.6 Å². The van der Waals surface area contributed by atoms with Crippen LogP contribution in [0.5, 0.6) is 0 Å². The topological polar surface area (TPSA) is 28.4 Å². The lowest BCUT2D eigenvalue weighted by Gasteiger charge is -2.28. The zero-order chi connectivity index (χ0) is 33.0. The third kappa shape index (κ3) is 4.82. The SMILES string of the molecule is C1=Cc2cc3oc4c(N(c5cccc(-c6ccc7ccccc7c6)c5)c5cccc(C6CC=Cc7ccccc76)c5)cccc4c3cc2NC1. The quantitative estimate of drug-likeness (QED) is 0.202. The Morgan fingerprint density at radius 1 is 0.580 bits per heavy atom. The van der Waals surface area contributed by atoms with Crippen LogP contribution in [0, 0.1) is 0 Å². The number of nitrogens with zero attached hydrogens (tertiary/aromatic N) is 1. The van der Waals surface area contributed by atoms with E-state index in [9.17, 15) is 0 Å². The van der Waals surface area contributed by atoms with Gasteiger partial charge in [-0.3, -0.25) is 0 Å². The van der Waals surface area contributed by atoms with E-state index in [0.29, 0.717) is 0 Å². The molecular weight excluding hydrogens is 609 g/mol. The summed E-state index contributed by atoms with van der Waals surface area (Å²) >= 11 is 0. The number of nitrogens with one attached hydrogen (secondary N) is 1. The summed E-state index contributed by atoms with van der Waals surface area (Å²) in [6.07, 6.45) is 9.87. The number of hydrogen-bond acceptors (Lipinski definition) is 3. The smallest absolute Gasteiger partial charge is 0.159 e. The number of benzene rings is 7. The molecule has 0 spiro atoms. The Kier molecular flexibility index (Phi) is 6.70. The first-order valence-corrected chi connectivity index (χ1v) is 17.4. The third-order valence-corrected chi connectivity index (χ3v) is 10.4. The van der Waals surface area contributed by atoms with Crippen molar-refractivity contribution >= 4 is 67.6 Å². The molecule has 1 atom stereocenters. The highest BCUT2D eigenvalue weighted by Crippen LogP contribution is 2.45. The lowest BCUT2D eigenvalue weighted by Crippen LogP contribution is -2.12. The maximum atomic E-state index is 6.82. The van der Waals surface area contributed by atoms with E-state index in [2.05, 4.69) is 180 Å². The molecule has 10 rings (SSSR count). The predicted octanol–water partition coefficient (Wildman–Crippen LogP) is 12.9. The molecule has 0 saturated heterocycles. The van der Waals surface area contributed by atoms with Gasteiger partial charge in [0.1, 0.15) is 5.58 Å². The van der Waals surface area contributed by atoms with E-state index in [0.717, 1.165) is 63.2 Å². The first kappa shape index (κ1) is 28.7. The molecule has 0 bridgehead atoms. The fourth-order valence-corrected chi connectivity index (χ4v) is 7.92. The lowest BCUT2D eigenvalue weighted by atomic mass is 9.82. The van der Waals surface area contributed by atoms with Crippen molar-refractivity contribution in [1.29, 1.82) is 0 Å². The normalized spacial score (nSPS) is 14.8. The zero-order valence-electron chi connectivity index (χ0n) is 27.5. The van der Waals surface area contributed by atoms with Gasteiger partial charge in [-0.05, 0) is 93.5 Å². The van der Waals surface area contributed by atoms with Crippen LogP contribution in [0.2, 0.25) is 0 Å². The number of anilines is 4. The maximum Gasteiger partial charge on any atom is 0.159 e. The Morgan fingerprint density at radius 3 is 2.34 bits per heavy atom. The number of rotatable bonds is 5. The van der Waals surface area contributed by atoms with Gasteiger partial charge >= 0.3 is 0 Å². The van der Waals surface area contributed by atoms with E-state index in [4.69, 9.17) is 4.42 Å². The second-order valence-electron chi connectivity index (χ2n) is 13.3. The van der Waals surface area contributed by atoms with Crippen LogP contribution in [0.1, 0.15) is 34.6 Å². The second-order valence-corrected chi connectivity index (χ2v) is 13.3. The molecule has 3 nitrogen and oxygen atoms in total. The molecule has 2 heterocycles. The average molecular weight is 643 g/mol. The predicted molar refractivity (Wildman–Crippen MR) is 211 cm³/mol. The highest BCUT2D eigenvalue weighted by Gasteiger charge is 2.23. The molecule has 1 aliphatic heterocycles. The van der Waals surface area contributed by atoms with Gasteiger partial charge in [-0.25, -0.2) is 0 Å². The van der Waals surface area contributed by atoms with Crippen molar-refractivity contribution in [3.63, 3.8) is 0 Å². The molecule has 0 radical (unpaired) electrons. The molecule has 8 aromatic rings. The number of allylic oxidation sites excluding steroid dienone is 1. The molecule has 1 aliphatic carbocycles. The summed E-state index contributed by atoms with van der Waals surface area (Å²) < 4.78 is 6.82. The van der Waals surface area contributed by atoms with Crippen LogP contribution in [0.15, 0.2) is 162 Å². The Hall–Kier alpha value is -6.32. The van der Waals surface area contributed by atoms with Gasteiger partial charge in [0.15, 0.2) is 5.58 Å². The van der Waals surface area contributed by atoms with E-state index >= 15 is 0 Å². The Balaban J connectivity index is 1.17. The van der Waals surface area contributed by atoms with Crippen LogP contribution in [-0.4, -0.2) is 6.54 Å². The number of furan rings is 1. The number of fused-ring (bicyclic) bond motifs is 6. The van der Waals surface area contributed by atoms with Gasteiger partial charge < -0.3 is 14.6 Å². The highest BCUT2D eigenvalue weighted by molar-refractivity contribution is 6.12. The fraction of sp³-hybridized carbons (Fsp3) is 0.0638. The minimum atomic E-state index is 0.288. The van der Waals surface area contributed by atoms with Crippen molar-refractivity contribution in [3.8, 4) is 11.1 Å². The van der Waals surface area contributed by atoms with E-state index in [-0.39, 0.29) is 5.92 Å². The minimum Gasteiger partial charge on any atom is -0.454 e. The lowest BCUT2D eigenvalue weighted by molar-refractivity contribution is 0.669. The van der Waals surface area contributed by atoms with Crippen molar-refractivity contribution < 1.29 is 4.42 Å². The van der Waals surface area contributed by atoms with Crippen LogP contribution in [0.3, 0.4) is 0 Å². The molecule has 0 saturated carbocycles. The molecule has 1 aromatic heterocycles. The largest absolute Gasteiger partial charge is 0.454 e. The molecule has 50 heavy (non-hydrogen) atoms. The highest BCUT2D eigenvalue weighted by atomic mass is 16.3. The molecule has 2 aliphatic rings. The summed E-state index contributed by atoms with van der Waals surface area (Å²) in [5.41, 5.74) is 13.6. The molecule has 0 fully saturated rings. The van der Waals surface area contributed by atoms with Crippen molar-refractivity contribution in [3.05, 3.63) is 180 Å². The monoisotopic (exact) mass is 642 g/mol. The van der Waals surface area contributed by atoms with E-state index < -0.39 is 0 Å². The van der Waals surface area contributed by atoms with Crippen molar-refractivity contribution in [2.75, 3.05) is 16.8 Å². The van der Waals surface area contributed by atoms with Gasteiger partial charge in [-0.1, -0.05) is 121 Å². The summed E-state index contributed by atoms with van der Waals surface area (Å²) in [4.78, 5) is 2.38. The summed E-state index contributed by atoms with van der Waals surface area (Å²) in [5, 5.41) is 8.24. The van der Waals surface area contributed by atoms with Crippen molar-refractivity contribution in [2.45, 2.75) is 12.3 Å². The van der Waals surface area contributed by atoms with Crippen LogP contribution in [-0.2, 0) is 0 Å². The molecule has 3 heteroatoms. The molecule has 7 aromatic carbocycles. The van der Waals surface area contributed by atoms with Crippen LogP contribution in [0.4, 0.5) is 22.7 Å². The summed E-state index contributed by atoms with van der Waals surface area (Å²) in [5.74, 6) is 0.288. The maximum absolute atomic E-state index is 6.82. The second kappa shape index (κ2) is 11.7. The molecule has 1 unspecified atom stereocenters. The number of para-hydroxylation sites is 1. The minimum absolute atomic E-state index is 0.288. The third-order valence-electron chi connectivity index (χ3n) is 10.4. The Morgan fingerprint density at radius 2 is 1.38 bits per heavy atom. The average Bonchev–Trinajstić information content (AvgIpc) is 3.55. The van der Waals surface area contributed by atoms with Gasteiger partial charge in [-0.2, -0.15) is 0 Å². The van der Waals surface area contributed by atoms with Gasteiger partial charge in [0.2, 0.25) is 0 Å². The summed E-state index contributed by atoms with van der Waals surface area (Å²) in [7, 11) is 0.